The molecule has 15 heavy (non-hydrogen) atoms. The van der Waals surface area contributed by atoms with E-state index in [9.17, 15) is 5.11 Å². The summed E-state index contributed by atoms with van der Waals surface area (Å²) < 4.78 is 0.0228. The summed E-state index contributed by atoms with van der Waals surface area (Å²) in [6, 6.07) is 10.2. The minimum absolute atomic E-state index is 0.0228. The fourth-order valence-corrected chi connectivity index (χ4v) is 2.62. The third-order valence-electron chi connectivity index (χ3n) is 2.11. The molecule has 0 bridgehead atoms. The molecule has 1 rings (SSSR count). The fourth-order valence-electron chi connectivity index (χ4n) is 1.44. The minimum Gasteiger partial charge on any atom is -0.389 e. The van der Waals surface area contributed by atoms with Crippen molar-refractivity contribution in [1.29, 1.82) is 0 Å². The van der Waals surface area contributed by atoms with Gasteiger partial charge in [0.25, 0.3) is 0 Å². The van der Waals surface area contributed by atoms with Crippen LogP contribution in [0.2, 0.25) is 0 Å². The van der Waals surface area contributed by atoms with Crippen molar-refractivity contribution in [1.82, 2.24) is 0 Å². The second-order valence-electron chi connectivity index (χ2n) is 4.18. The Balaban J connectivity index is 2.60. The molecule has 1 aromatic rings. The van der Waals surface area contributed by atoms with Crippen LogP contribution in [0.1, 0.15) is 20.3 Å². The SMILES string of the molecule is C=CC(O)CC(C)(C)Sc1ccccc1. The number of rotatable bonds is 5. The van der Waals surface area contributed by atoms with Gasteiger partial charge in [-0.1, -0.05) is 38.1 Å². The quantitative estimate of drug-likeness (QED) is 0.608. The van der Waals surface area contributed by atoms with Crippen molar-refractivity contribution in [2.45, 2.75) is 36.0 Å². The molecule has 0 aliphatic heterocycles. The van der Waals surface area contributed by atoms with E-state index in [1.54, 1.807) is 17.8 Å². The first-order valence-electron chi connectivity index (χ1n) is 5.08. The van der Waals surface area contributed by atoms with E-state index in [-0.39, 0.29) is 4.75 Å². The van der Waals surface area contributed by atoms with Crippen molar-refractivity contribution < 1.29 is 5.11 Å². The van der Waals surface area contributed by atoms with Gasteiger partial charge in [-0.2, -0.15) is 0 Å². The molecule has 0 radical (unpaired) electrons. The monoisotopic (exact) mass is 222 g/mol. The van der Waals surface area contributed by atoms with Crippen LogP contribution in [0, 0.1) is 0 Å². The van der Waals surface area contributed by atoms with Crippen LogP contribution in [0.25, 0.3) is 0 Å². The number of thioether (sulfide) groups is 1. The van der Waals surface area contributed by atoms with Gasteiger partial charge in [-0.05, 0) is 18.6 Å². The summed E-state index contributed by atoms with van der Waals surface area (Å²) in [7, 11) is 0. The third-order valence-corrected chi connectivity index (χ3v) is 3.34. The Hall–Kier alpha value is -0.730. The maximum Gasteiger partial charge on any atom is 0.0731 e. The molecule has 0 aliphatic rings. The van der Waals surface area contributed by atoms with E-state index in [4.69, 9.17) is 0 Å². The van der Waals surface area contributed by atoms with Gasteiger partial charge in [0.2, 0.25) is 0 Å². The zero-order valence-electron chi connectivity index (χ0n) is 9.31. The van der Waals surface area contributed by atoms with Crippen LogP contribution in [0.4, 0.5) is 0 Å². The lowest BCUT2D eigenvalue weighted by molar-refractivity contribution is 0.202. The number of aliphatic hydroxyl groups excluding tert-OH is 1. The van der Waals surface area contributed by atoms with Gasteiger partial charge in [-0.3, -0.25) is 0 Å². The molecule has 0 heterocycles. The van der Waals surface area contributed by atoms with Crippen LogP contribution >= 0.6 is 11.8 Å². The van der Waals surface area contributed by atoms with Crippen molar-refractivity contribution in [2.24, 2.45) is 0 Å². The van der Waals surface area contributed by atoms with Gasteiger partial charge in [0.05, 0.1) is 6.10 Å². The highest BCUT2D eigenvalue weighted by molar-refractivity contribution is 8.00. The standard InChI is InChI=1S/C13H18OS/c1-4-11(14)10-13(2,3)15-12-8-6-5-7-9-12/h4-9,11,14H,1,10H2,2-3H3. The highest BCUT2D eigenvalue weighted by Crippen LogP contribution is 2.35. The van der Waals surface area contributed by atoms with Gasteiger partial charge in [-0.25, -0.2) is 0 Å². The molecule has 0 saturated carbocycles. The lowest BCUT2D eigenvalue weighted by Gasteiger charge is -2.25. The first kappa shape index (κ1) is 12.3. The second kappa shape index (κ2) is 5.38. The van der Waals surface area contributed by atoms with E-state index >= 15 is 0 Å². The molecule has 1 N–H and O–H groups in total. The molecule has 0 saturated heterocycles. The zero-order chi connectivity index (χ0) is 11.3. The highest BCUT2D eigenvalue weighted by atomic mass is 32.2. The first-order chi connectivity index (χ1) is 7.03. The van der Waals surface area contributed by atoms with E-state index in [0.29, 0.717) is 0 Å². The zero-order valence-corrected chi connectivity index (χ0v) is 10.1. The molecule has 1 unspecified atom stereocenters. The van der Waals surface area contributed by atoms with Crippen molar-refractivity contribution in [3.8, 4) is 0 Å². The molecular formula is C13H18OS. The largest absolute Gasteiger partial charge is 0.389 e. The van der Waals surface area contributed by atoms with Gasteiger partial charge in [0.1, 0.15) is 0 Å². The van der Waals surface area contributed by atoms with E-state index in [1.807, 2.05) is 18.2 Å². The predicted octanol–water partition coefficient (Wildman–Crippen LogP) is 3.49. The lowest BCUT2D eigenvalue weighted by Crippen LogP contribution is -2.21. The van der Waals surface area contributed by atoms with Gasteiger partial charge in [0, 0.05) is 9.64 Å². The normalized spacial score (nSPS) is 13.5. The van der Waals surface area contributed by atoms with Crippen molar-refractivity contribution in [3.63, 3.8) is 0 Å². The smallest absolute Gasteiger partial charge is 0.0731 e. The van der Waals surface area contributed by atoms with Gasteiger partial charge in [-0.15, -0.1) is 18.3 Å². The molecule has 1 atom stereocenters. The second-order valence-corrected chi connectivity index (χ2v) is 5.96. The number of hydrogen-bond donors (Lipinski definition) is 1. The number of aliphatic hydroxyl groups is 1. The lowest BCUT2D eigenvalue weighted by atomic mass is 10.1. The van der Waals surface area contributed by atoms with Gasteiger partial charge in [0.15, 0.2) is 0 Å². The molecule has 0 aromatic heterocycles. The summed E-state index contributed by atoms with van der Waals surface area (Å²) in [4.78, 5) is 1.23. The summed E-state index contributed by atoms with van der Waals surface area (Å²) in [6.07, 6.45) is 1.89. The molecule has 1 nitrogen and oxygen atoms in total. The molecule has 0 fully saturated rings. The Morgan fingerprint density at radius 2 is 2.00 bits per heavy atom. The molecule has 2 heteroatoms. The summed E-state index contributed by atoms with van der Waals surface area (Å²) in [6.45, 7) is 7.87. The third kappa shape index (κ3) is 4.54. The maximum absolute atomic E-state index is 9.54. The molecule has 0 spiro atoms. The summed E-state index contributed by atoms with van der Waals surface area (Å²) >= 11 is 1.78. The average molecular weight is 222 g/mol. The summed E-state index contributed by atoms with van der Waals surface area (Å²) in [5.74, 6) is 0. The number of hydrogen-bond acceptors (Lipinski definition) is 2. The van der Waals surface area contributed by atoms with E-state index in [1.165, 1.54) is 4.90 Å². The van der Waals surface area contributed by atoms with Crippen molar-refractivity contribution in [3.05, 3.63) is 43.0 Å². The minimum atomic E-state index is -0.420. The van der Waals surface area contributed by atoms with E-state index < -0.39 is 6.10 Å². The summed E-state index contributed by atoms with van der Waals surface area (Å²) in [5, 5.41) is 9.54. The molecule has 82 valence electrons. The molecule has 0 aliphatic carbocycles. The van der Waals surface area contributed by atoms with E-state index in [2.05, 4.69) is 32.6 Å². The Bertz CT molecular complexity index is 306. The maximum atomic E-state index is 9.54. The van der Waals surface area contributed by atoms with Crippen LogP contribution in [0.15, 0.2) is 47.9 Å². The van der Waals surface area contributed by atoms with Crippen molar-refractivity contribution >= 4 is 11.8 Å². The van der Waals surface area contributed by atoms with Crippen LogP contribution in [0.5, 0.6) is 0 Å². The Kier molecular flexibility index (Phi) is 4.43. The number of benzene rings is 1. The fraction of sp³-hybridized carbons (Fsp3) is 0.385. The molecule has 0 amide bonds. The molecule has 1 aromatic carbocycles. The van der Waals surface area contributed by atoms with Crippen LogP contribution in [-0.4, -0.2) is 16.0 Å². The Labute approximate surface area is 96.2 Å². The van der Waals surface area contributed by atoms with E-state index in [0.717, 1.165) is 6.42 Å². The van der Waals surface area contributed by atoms with Crippen molar-refractivity contribution in [2.75, 3.05) is 0 Å². The van der Waals surface area contributed by atoms with Crippen LogP contribution < -0.4 is 0 Å². The summed E-state index contributed by atoms with van der Waals surface area (Å²) in [5.41, 5.74) is 0. The van der Waals surface area contributed by atoms with Crippen LogP contribution in [0.3, 0.4) is 0 Å². The average Bonchev–Trinajstić information content (AvgIpc) is 2.17. The Morgan fingerprint density at radius 1 is 1.40 bits per heavy atom. The highest BCUT2D eigenvalue weighted by Gasteiger charge is 2.22. The predicted molar refractivity (Wildman–Crippen MR) is 67.2 cm³/mol. The Morgan fingerprint density at radius 3 is 2.53 bits per heavy atom. The first-order valence-corrected chi connectivity index (χ1v) is 5.90. The van der Waals surface area contributed by atoms with Gasteiger partial charge >= 0.3 is 0 Å². The van der Waals surface area contributed by atoms with Gasteiger partial charge < -0.3 is 5.11 Å². The molecular weight excluding hydrogens is 204 g/mol. The van der Waals surface area contributed by atoms with Crippen LogP contribution in [-0.2, 0) is 0 Å². The topological polar surface area (TPSA) is 20.2 Å².